The lowest BCUT2D eigenvalue weighted by Crippen LogP contribution is -2.19. The van der Waals surface area contributed by atoms with Crippen LogP contribution < -0.4 is 5.56 Å². The van der Waals surface area contributed by atoms with E-state index in [0.717, 1.165) is 40.9 Å². The quantitative estimate of drug-likeness (QED) is 0.762. The number of benzene rings is 1. The summed E-state index contributed by atoms with van der Waals surface area (Å²) in [6.07, 6.45) is 4.39. The van der Waals surface area contributed by atoms with Crippen molar-refractivity contribution in [1.29, 1.82) is 0 Å². The topological polar surface area (TPSA) is 41.0 Å². The fraction of sp³-hybridized carbons (Fsp3) is 0.278. The van der Waals surface area contributed by atoms with Gasteiger partial charge in [0.15, 0.2) is 0 Å². The molecule has 5 heteroatoms. The van der Waals surface area contributed by atoms with Crippen molar-refractivity contribution in [2.24, 2.45) is 0 Å². The molecule has 1 aliphatic heterocycles. The summed E-state index contributed by atoms with van der Waals surface area (Å²) in [6.45, 7) is 3.17. The number of aromatic amines is 1. The molecule has 4 nitrogen and oxygen atoms in total. The van der Waals surface area contributed by atoms with E-state index in [0.29, 0.717) is 5.52 Å². The zero-order valence-corrected chi connectivity index (χ0v) is 14.3. The fourth-order valence-electron chi connectivity index (χ4n) is 3.28. The van der Waals surface area contributed by atoms with Crippen LogP contribution in [0.2, 0.25) is 0 Å². The Morgan fingerprint density at radius 1 is 1.13 bits per heavy atom. The van der Waals surface area contributed by atoms with E-state index in [1.54, 1.807) is 4.57 Å². The van der Waals surface area contributed by atoms with Crippen molar-refractivity contribution in [3.05, 3.63) is 63.1 Å². The molecule has 1 aromatic carbocycles. The van der Waals surface area contributed by atoms with Crippen LogP contribution in [0.3, 0.4) is 0 Å². The van der Waals surface area contributed by atoms with E-state index in [4.69, 9.17) is 0 Å². The monoisotopic (exact) mass is 371 g/mol. The second-order valence-electron chi connectivity index (χ2n) is 6.05. The first kappa shape index (κ1) is 14.7. The fourth-order valence-corrected chi connectivity index (χ4v) is 3.79. The molecule has 0 radical (unpaired) electrons. The predicted octanol–water partition coefficient (Wildman–Crippen LogP) is 3.68. The van der Waals surface area contributed by atoms with Crippen molar-refractivity contribution in [1.82, 2.24) is 14.5 Å². The standard InChI is InChI=1S/C18H18BrN3O/c19-16-12-22(14-6-2-1-3-7-14)18(23)17-15(16)10-13(20-17)11-21-8-4-5-9-21/h1-3,6-7,10,12,20H,4-5,8-9,11H2. The number of nitrogens with zero attached hydrogens (tertiary/aromatic N) is 2. The van der Waals surface area contributed by atoms with Gasteiger partial charge < -0.3 is 4.98 Å². The Balaban J connectivity index is 1.80. The third-order valence-corrected chi connectivity index (χ3v) is 5.06. The van der Waals surface area contributed by atoms with Crippen LogP contribution in [0.4, 0.5) is 0 Å². The molecule has 1 fully saturated rings. The first-order chi connectivity index (χ1) is 11.2. The van der Waals surface area contributed by atoms with Gasteiger partial charge in [0.05, 0.1) is 0 Å². The molecule has 3 aromatic rings. The van der Waals surface area contributed by atoms with Crippen LogP contribution in [-0.2, 0) is 6.54 Å². The number of halogens is 1. The number of H-pyrrole nitrogens is 1. The molecule has 1 saturated heterocycles. The van der Waals surface area contributed by atoms with Gasteiger partial charge in [-0.2, -0.15) is 0 Å². The molecule has 0 unspecified atom stereocenters. The lowest BCUT2D eigenvalue weighted by atomic mass is 10.2. The molecule has 0 amide bonds. The second kappa shape index (κ2) is 5.98. The van der Waals surface area contributed by atoms with Gasteiger partial charge in [0.2, 0.25) is 0 Å². The van der Waals surface area contributed by atoms with Crippen LogP contribution in [0.1, 0.15) is 18.5 Å². The molecule has 0 bridgehead atoms. The molecule has 4 rings (SSSR count). The van der Waals surface area contributed by atoms with Gasteiger partial charge in [0, 0.05) is 34.0 Å². The highest BCUT2D eigenvalue weighted by molar-refractivity contribution is 9.10. The van der Waals surface area contributed by atoms with Crippen molar-refractivity contribution in [2.45, 2.75) is 19.4 Å². The average molecular weight is 372 g/mol. The molecule has 0 atom stereocenters. The lowest BCUT2D eigenvalue weighted by Gasteiger charge is -2.12. The van der Waals surface area contributed by atoms with Crippen molar-refractivity contribution >= 4 is 26.8 Å². The summed E-state index contributed by atoms with van der Waals surface area (Å²) in [4.78, 5) is 18.6. The number of aromatic nitrogens is 2. The first-order valence-corrected chi connectivity index (χ1v) is 8.72. The number of hydrogen-bond acceptors (Lipinski definition) is 2. The zero-order chi connectivity index (χ0) is 15.8. The molecule has 1 N–H and O–H groups in total. The smallest absolute Gasteiger partial charge is 0.279 e. The summed E-state index contributed by atoms with van der Waals surface area (Å²) in [7, 11) is 0. The Bertz CT molecular complexity index is 892. The molecule has 3 heterocycles. The summed E-state index contributed by atoms with van der Waals surface area (Å²) in [5.41, 5.74) is 2.63. The first-order valence-electron chi connectivity index (χ1n) is 7.93. The highest BCUT2D eigenvalue weighted by Crippen LogP contribution is 2.24. The predicted molar refractivity (Wildman–Crippen MR) is 96.1 cm³/mol. The third kappa shape index (κ3) is 2.75. The van der Waals surface area contributed by atoms with Gasteiger partial charge in [-0.25, -0.2) is 0 Å². The summed E-state index contributed by atoms with van der Waals surface area (Å²) in [5, 5.41) is 0.955. The van der Waals surface area contributed by atoms with Crippen molar-refractivity contribution < 1.29 is 0 Å². The summed E-state index contributed by atoms with van der Waals surface area (Å²) in [6, 6.07) is 11.8. The van der Waals surface area contributed by atoms with Crippen LogP contribution in [0.15, 0.2) is 51.9 Å². The van der Waals surface area contributed by atoms with E-state index < -0.39 is 0 Å². The third-order valence-electron chi connectivity index (χ3n) is 4.43. The molecule has 0 aliphatic carbocycles. The summed E-state index contributed by atoms with van der Waals surface area (Å²) < 4.78 is 2.61. The highest BCUT2D eigenvalue weighted by atomic mass is 79.9. The Kier molecular flexibility index (Phi) is 3.83. The second-order valence-corrected chi connectivity index (χ2v) is 6.91. The lowest BCUT2D eigenvalue weighted by molar-refractivity contribution is 0.328. The van der Waals surface area contributed by atoms with Gasteiger partial charge in [-0.1, -0.05) is 18.2 Å². The molecule has 118 valence electrons. The molecule has 2 aromatic heterocycles. The largest absolute Gasteiger partial charge is 0.353 e. The molecule has 1 aliphatic rings. The molecule has 0 saturated carbocycles. The minimum Gasteiger partial charge on any atom is -0.353 e. The molecule has 0 spiro atoms. The summed E-state index contributed by atoms with van der Waals surface area (Å²) in [5.74, 6) is 0. The van der Waals surface area contributed by atoms with Gasteiger partial charge in [0.1, 0.15) is 5.52 Å². The van der Waals surface area contributed by atoms with Crippen molar-refractivity contribution in [3.8, 4) is 5.69 Å². The highest BCUT2D eigenvalue weighted by Gasteiger charge is 2.16. The minimum atomic E-state index is -0.0120. The average Bonchev–Trinajstić information content (AvgIpc) is 3.22. The maximum absolute atomic E-state index is 12.8. The maximum atomic E-state index is 12.8. The van der Waals surface area contributed by atoms with Gasteiger partial charge in [0.25, 0.3) is 5.56 Å². The maximum Gasteiger partial charge on any atom is 0.279 e. The van der Waals surface area contributed by atoms with Crippen LogP contribution >= 0.6 is 15.9 Å². The number of nitrogens with one attached hydrogen (secondary N) is 1. The Morgan fingerprint density at radius 3 is 2.61 bits per heavy atom. The number of rotatable bonds is 3. The SMILES string of the molecule is O=c1c2[nH]c(CN3CCCC3)cc2c(Br)cn1-c1ccccc1. The number of fused-ring (bicyclic) bond motifs is 1. The molecular formula is C18H18BrN3O. The van der Waals surface area contributed by atoms with E-state index in [-0.39, 0.29) is 5.56 Å². The number of para-hydroxylation sites is 1. The van der Waals surface area contributed by atoms with E-state index in [2.05, 4.69) is 31.9 Å². The van der Waals surface area contributed by atoms with E-state index >= 15 is 0 Å². The van der Waals surface area contributed by atoms with E-state index in [1.165, 1.54) is 12.8 Å². The van der Waals surface area contributed by atoms with Crippen LogP contribution in [0.25, 0.3) is 16.6 Å². The van der Waals surface area contributed by atoms with Crippen LogP contribution in [0.5, 0.6) is 0 Å². The Hall–Kier alpha value is -1.85. The Morgan fingerprint density at radius 2 is 1.87 bits per heavy atom. The van der Waals surface area contributed by atoms with Crippen molar-refractivity contribution in [3.63, 3.8) is 0 Å². The van der Waals surface area contributed by atoms with Gasteiger partial charge in [-0.05, 0) is 60.1 Å². The Labute approximate surface area is 142 Å². The van der Waals surface area contributed by atoms with Gasteiger partial charge >= 0.3 is 0 Å². The van der Waals surface area contributed by atoms with E-state index in [9.17, 15) is 4.79 Å². The minimum absolute atomic E-state index is 0.0120. The number of hydrogen-bond donors (Lipinski definition) is 1. The normalized spacial score (nSPS) is 15.5. The van der Waals surface area contributed by atoms with Crippen LogP contribution in [0, 0.1) is 0 Å². The zero-order valence-electron chi connectivity index (χ0n) is 12.8. The molecule has 23 heavy (non-hydrogen) atoms. The van der Waals surface area contributed by atoms with Gasteiger partial charge in [-0.15, -0.1) is 0 Å². The van der Waals surface area contributed by atoms with Gasteiger partial charge in [-0.3, -0.25) is 14.3 Å². The molecular weight excluding hydrogens is 354 g/mol. The van der Waals surface area contributed by atoms with Crippen LogP contribution in [-0.4, -0.2) is 27.5 Å². The number of pyridine rings is 1. The van der Waals surface area contributed by atoms with E-state index in [1.807, 2.05) is 36.5 Å². The van der Waals surface area contributed by atoms with Crippen molar-refractivity contribution in [2.75, 3.05) is 13.1 Å². The summed E-state index contributed by atoms with van der Waals surface area (Å²) >= 11 is 3.61. The number of likely N-dealkylation sites (tertiary alicyclic amines) is 1.